The van der Waals surface area contributed by atoms with Crippen LogP contribution in [0.15, 0.2) is 24.4 Å². The molecule has 100 valence electrons. The smallest absolute Gasteiger partial charge is 0.162 e. The molecule has 0 saturated carbocycles. The van der Waals surface area contributed by atoms with Crippen molar-refractivity contribution in [3.63, 3.8) is 0 Å². The number of nitrogens with zero attached hydrogens (tertiary/aromatic N) is 2. The van der Waals surface area contributed by atoms with Crippen molar-refractivity contribution < 1.29 is 14.6 Å². The Labute approximate surface area is 111 Å². The molecule has 2 heterocycles. The fourth-order valence-corrected chi connectivity index (χ4v) is 2.42. The summed E-state index contributed by atoms with van der Waals surface area (Å²) >= 11 is 0. The molecule has 0 amide bonds. The van der Waals surface area contributed by atoms with Gasteiger partial charge in [0.05, 0.1) is 26.5 Å². The van der Waals surface area contributed by atoms with Crippen molar-refractivity contribution >= 4 is 0 Å². The Balaban J connectivity index is 1.99. The van der Waals surface area contributed by atoms with E-state index < -0.39 is 6.10 Å². The minimum atomic E-state index is -0.756. The van der Waals surface area contributed by atoms with Gasteiger partial charge in [0.15, 0.2) is 5.75 Å². The molecule has 19 heavy (non-hydrogen) atoms. The van der Waals surface area contributed by atoms with Crippen LogP contribution in [-0.4, -0.2) is 22.0 Å². The molecule has 1 aliphatic rings. The molecule has 0 spiro atoms. The summed E-state index contributed by atoms with van der Waals surface area (Å²) in [5.74, 6) is 0.590. The second kappa shape index (κ2) is 4.68. The third kappa shape index (κ3) is 2.01. The maximum atomic E-state index is 10.5. The van der Waals surface area contributed by atoms with E-state index in [1.165, 1.54) is 5.56 Å². The standard InChI is InChI=1S/C14H16N2O3/c1-16-13(12(18-2)6-15-16)14(17)9-3-4-10-7-19-8-11(10)5-9/h3-6,14,17H,7-8H2,1-2H3. The van der Waals surface area contributed by atoms with Crippen LogP contribution in [0.2, 0.25) is 0 Å². The summed E-state index contributed by atoms with van der Waals surface area (Å²) in [4.78, 5) is 0. The van der Waals surface area contributed by atoms with Gasteiger partial charge < -0.3 is 14.6 Å². The van der Waals surface area contributed by atoms with Gasteiger partial charge in [-0.25, -0.2) is 0 Å². The predicted octanol–water partition coefficient (Wildman–Crippen LogP) is 1.54. The maximum absolute atomic E-state index is 10.5. The lowest BCUT2D eigenvalue weighted by molar-refractivity contribution is 0.134. The first-order chi connectivity index (χ1) is 9.20. The average molecular weight is 260 g/mol. The number of aliphatic hydroxyl groups is 1. The summed E-state index contributed by atoms with van der Waals surface area (Å²) in [6.07, 6.45) is 0.850. The van der Waals surface area contributed by atoms with E-state index in [2.05, 4.69) is 5.10 Å². The topological polar surface area (TPSA) is 56.5 Å². The normalized spacial score (nSPS) is 15.3. The van der Waals surface area contributed by atoms with Crippen LogP contribution in [0.3, 0.4) is 0 Å². The molecule has 0 aliphatic carbocycles. The van der Waals surface area contributed by atoms with E-state index in [1.807, 2.05) is 18.2 Å². The number of hydrogen-bond donors (Lipinski definition) is 1. The predicted molar refractivity (Wildman–Crippen MR) is 68.8 cm³/mol. The van der Waals surface area contributed by atoms with Crippen LogP contribution in [-0.2, 0) is 25.0 Å². The lowest BCUT2D eigenvalue weighted by Crippen LogP contribution is -2.08. The highest BCUT2D eigenvalue weighted by Gasteiger charge is 2.22. The zero-order valence-electron chi connectivity index (χ0n) is 11.0. The van der Waals surface area contributed by atoms with Crippen molar-refractivity contribution in [2.75, 3.05) is 7.11 Å². The first kappa shape index (κ1) is 12.2. The van der Waals surface area contributed by atoms with Crippen molar-refractivity contribution in [1.82, 2.24) is 9.78 Å². The summed E-state index contributed by atoms with van der Waals surface area (Å²) in [6.45, 7) is 1.26. The van der Waals surface area contributed by atoms with E-state index >= 15 is 0 Å². The molecule has 1 atom stereocenters. The number of benzene rings is 1. The first-order valence-corrected chi connectivity index (χ1v) is 6.14. The largest absolute Gasteiger partial charge is 0.493 e. The Morgan fingerprint density at radius 1 is 1.37 bits per heavy atom. The molecule has 1 unspecified atom stereocenters. The quantitative estimate of drug-likeness (QED) is 0.909. The van der Waals surface area contributed by atoms with Gasteiger partial charge in [-0.15, -0.1) is 0 Å². The van der Waals surface area contributed by atoms with E-state index in [-0.39, 0.29) is 0 Å². The Kier molecular flexibility index (Phi) is 3.00. The van der Waals surface area contributed by atoms with Crippen molar-refractivity contribution in [2.24, 2.45) is 7.05 Å². The van der Waals surface area contributed by atoms with Gasteiger partial charge >= 0.3 is 0 Å². The lowest BCUT2D eigenvalue weighted by atomic mass is 10.0. The summed E-state index contributed by atoms with van der Waals surface area (Å²) < 4.78 is 12.3. The van der Waals surface area contributed by atoms with Crippen LogP contribution in [0.4, 0.5) is 0 Å². The maximum Gasteiger partial charge on any atom is 0.162 e. The first-order valence-electron chi connectivity index (χ1n) is 6.14. The van der Waals surface area contributed by atoms with Crippen LogP contribution < -0.4 is 4.74 Å². The number of aromatic nitrogens is 2. The highest BCUT2D eigenvalue weighted by molar-refractivity contribution is 5.39. The minimum absolute atomic E-state index is 0.590. The molecule has 0 radical (unpaired) electrons. The molecular formula is C14H16N2O3. The molecule has 1 aromatic heterocycles. The minimum Gasteiger partial charge on any atom is -0.493 e. The SMILES string of the molecule is COc1cnn(C)c1C(O)c1ccc2c(c1)COC2. The number of ether oxygens (including phenoxy) is 2. The van der Waals surface area contributed by atoms with Gasteiger partial charge in [0.2, 0.25) is 0 Å². The zero-order valence-corrected chi connectivity index (χ0v) is 11.0. The third-order valence-corrected chi connectivity index (χ3v) is 3.49. The van der Waals surface area contributed by atoms with Crippen molar-refractivity contribution in [3.8, 4) is 5.75 Å². The zero-order chi connectivity index (χ0) is 13.4. The van der Waals surface area contributed by atoms with Crippen molar-refractivity contribution in [3.05, 3.63) is 46.8 Å². The van der Waals surface area contributed by atoms with Crippen molar-refractivity contribution in [1.29, 1.82) is 0 Å². The third-order valence-electron chi connectivity index (χ3n) is 3.49. The second-order valence-corrected chi connectivity index (χ2v) is 4.65. The van der Waals surface area contributed by atoms with Crippen LogP contribution >= 0.6 is 0 Å². The highest BCUT2D eigenvalue weighted by atomic mass is 16.5. The summed E-state index contributed by atoms with van der Waals surface area (Å²) in [5.41, 5.74) is 3.80. The molecule has 3 rings (SSSR count). The number of rotatable bonds is 3. The van der Waals surface area contributed by atoms with Crippen LogP contribution in [0.5, 0.6) is 5.75 Å². The van der Waals surface area contributed by atoms with Crippen LogP contribution in [0, 0.1) is 0 Å². The molecular weight excluding hydrogens is 244 g/mol. The Morgan fingerprint density at radius 3 is 2.95 bits per heavy atom. The van der Waals surface area contributed by atoms with Crippen molar-refractivity contribution in [2.45, 2.75) is 19.3 Å². The average Bonchev–Trinajstić information content (AvgIpc) is 3.02. The van der Waals surface area contributed by atoms with E-state index in [4.69, 9.17) is 9.47 Å². The number of fused-ring (bicyclic) bond motifs is 1. The molecule has 1 aliphatic heterocycles. The summed E-state index contributed by atoms with van der Waals surface area (Å²) in [6, 6.07) is 5.91. The van der Waals surface area contributed by atoms with Gasteiger partial charge in [0, 0.05) is 7.05 Å². The molecule has 2 aromatic rings. The number of methoxy groups -OCH3 is 1. The van der Waals surface area contributed by atoms with Crippen LogP contribution in [0.25, 0.3) is 0 Å². The number of hydrogen-bond acceptors (Lipinski definition) is 4. The van der Waals surface area contributed by atoms with Gasteiger partial charge in [-0.05, 0) is 16.7 Å². The van der Waals surface area contributed by atoms with Gasteiger partial charge in [-0.1, -0.05) is 18.2 Å². The Hall–Kier alpha value is -1.85. The molecule has 0 bridgehead atoms. The lowest BCUT2D eigenvalue weighted by Gasteiger charge is -2.14. The monoisotopic (exact) mass is 260 g/mol. The van der Waals surface area contributed by atoms with Gasteiger partial charge in [0.25, 0.3) is 0 Å². The molecule has 1 aromatic carbocycles. The van der Waals surface area contributed by atoms with Gasteiger partial charge in [-0.3, -0.25) is 4.68 Å². The molecule has 5 heteroatoms. The molecule has 0 fully saturated rings. The van der Waals surface area contributed by atoms with Crippen LogP contribution in [0.1, 0.15) is 28.5 Å². The van der Waals surface area contributed by atoms with E-state index in [9.17, 15) is 5.11 Å². The number of aryl methyl sites for hydroxylation is 1. The Bertz CT molecular complexity index is 607. The summed E-state index contributed by atoms with van der Waals surface area (Å²) in [5, 5.41) is 14.6. The molecule has 5 nitrogen and oxygen atoms in total. The number of aliphatic hydroxyl groups excluding tert-OH is 1. The summed E-state index contributed by atoms with van der Waals surface area (Å²) in [7, 11) is 3.36. The van der Waals surface area contributed by atoms with E-state index in [1.54, 1.807) is 25.0 Å². The van der Waals surface area contributed by atoms with E-state index in [0.29, 0.717) is 24.7 Å². The van der Waals surface area contributed by atoms with E-state index in [0.717, 1.165) is 11.1 Å². The van der Waals surface area contributed by atoms with Gasteiger partial charge in [0.1, 0.15) is 11.8 Å². The Morgan fingerprint density at radius 2 is 2.16 bits per heavy atom. The second-order valence-electron chi connectivity index (χ2n) is 4.65. The fraction of sp³-hybridized carbons (Fsp3) is 0.357. The fourth-order valence-electron chi connectivity index (χ4n) is 2.42. The molecule has 1 N–H and O–H groups in total. The molecule has 0 saturated heterocycles. The van der Waals surface area contributed by atoms with Gasteiger partial charge in [-0.2, -0.15) is 5.10 Å². The highest BCUT2D eigenvalue weighted by Crippen LogP contribution is 2.31.